The Kier molecular flexibility index (Phi) is 4.76. The third-order valence-corrected chi connectivity index (χ3v) is 4.02. The van der Waals surface area contributed by atoms with Crippen LogP contribution < -0.4 is 10.2 Å². The number of carbonyl (C=O) groups is 1. The van der Waals surface area contributed by atoms with E-state index in [0.29, 0.717) is 16.2 Å². The normalized spacial score (nSPS) is 10.7. The van der Waals surface area contributed by atoms with Crippen LogP contribution in [0.4, 0.5) is 4.79 Å². The summed E-state index contributed by atoms with van der Waals surface area (Å²) in [5, 5.41) is 0.656. The Morgan fingerprint density at radius 2 is 1.92 bits per heavy atom. The Bertz CT molecular complexity index is 992. The molecule has 0 spiro atoms. The van der Waals surface area contributed by atoms with Gasteiger partial charge >= 0.3 is 6.16 Å². The first-order valence-corrected chi connectivity index (χ1v) is 8.06. The summed E-state index contributed by atoms with van der Waals surface area (Å²) in [5.74, 6) is -0.0649. The van der Waals surface area contributed by atoms with Gasteiger partial charge in [0.05, 0.1) is 12.0 Å². The van der Waals surface area contributed by atoms with Gasteiger partial charge in [-0.05, 0) is 31.5 Å². The fourth-order valence-electron chi connectivity index (χ4n) is 2.40. The molecule has 0 amide bonds. The maximum atomic E-state index is 12.9. The van der Waals surface area contributed by atoms with Crippen LogP contribution in [0.1, 0.15) is 12.5 Å². The maximum Gasteiger partial charge on any atom is 0.514 e. The number of benzene rings is 2. The monoisotopic (exact) mass is 358 g/mol. The van der Waals surface area contributed by atoms with Gasteiger partial charge < -0.3 is 13.9 Å². The topological polar surface area (TPSA) is 65.7 Å². The van der Waals surface area contributed by atoms with Crippen molar-refractivity contribution in [1.29, 1.82) is 0 Å². The molecule has 0 atom stereocenters. The summed E-state index contributed by atoms with van der Waals surface area (Å²) < 4.78 is 15.8. The number of halogens is 1. The molecule has 0 aliphatic carbocycles. The highest BCUT2D eigenvalue weighted by Crippen LogP contribution is 2.32. The second kappa shape index (κ2) is 6.99. The molecule has 0 unspecified atom stereocenters. The van der Waals surface area contributed by atoms with Gasteiger partial charge in [0, 0.05) is 10.6 Å². The zero-order chi connectivity index (χ0) is 18.0. The molecule has 0 bridgehead atoms. The highest BCUT2D eigenvalue weighted by molar-refractivity contribution is 6.32. The minimum absolute atomic E-state index is 0.128. The first-order valence-electron chi connectivity index (χ1n) is 7.68. The molecular formula is C19H15ClO5. The van der Waals surface area contributed by atoms with Gasteiger partial charge in [0.15, 0.2) is 5.76 Å². The molecule has 0 saturated carbocycles. The molecule has 0 aliphatic rings. The molecule has 0 fully saturated rings. The van der Waals surface area contributed by atoms with E-state index in [0.717, 1.165) is 5.56 Å². The van der Waals surface area contributed by atoms with Crippen LogP contribution in [0.2, 0.25) is 5.02 Å². The van der Waals surface area contributed by atoms with E-state index in [4.69, 9.17) is 25.5 Å². The molecule has 1 heterocycles. The Morgan fingerprint density at radius 1 is 1.20 bits per heavy atom. The van der Waals surface area contributed by atoms with Crippen LogP contribution in [0.5, 0.6) is 5.75 Å². The maximum absolute atomic E-state index is 12.9. The lowest BCUT2D eigenvalue weighted by Crippen LogP contribution is -2.17. The van der Waals surface area contributed by atoms with E-state index in [9.17, 15) is 9.59 Å². The largest absolute Gasteiger partial charge is 0.514 e. The van der Waals surface area contributed by atoms with Gasteiger partial charge in [0.25, 0.3) is 0 Å². The van der Waals surface area contributed by atoms with Crippen molar-refractivity contribution in [2.24, 2.45) is 0 Å². The molecule has 1 aromatic heterocycles. The predicted octanol–water partition coefficient (Wildman–Crippen LogP) is 4.96. The van der Waals surface area contributed by atoms with E-state index in [1.54, 1.807) is 37.3 Å². The Morgan fingerprint density at radius 3 is 2.60 bits per heavy atom. The summed E-state index contributed by atoms with van der Waals surface area (Å²) in [7, 11) is 0. The van der Waals surface area contributed by atoms with Crippen molar-refractivity contribution >= 4 is 28.7 Å². The smallest absolute Gasteiger partial charge is 0.452 e. The Balaban J connectivity index is 2.29. The molecule has 0 N–H and O–H groups in total. The second-order valence-corrected chi connectivity index (χ2v) is 5.75. The van der Waals surface area contributed by atoms with Crippen LogP contribution in [0.3, 0.4) is 0 Å². The van der Waals surface area contributed by atoms with Crippen molar-refractivity contribution in [3.05, 3.63) is 63.3 Å². The lowest BCUT2D eigenvalue weighted by molar-refractivity contribution is 0.103. The molecule has 0 aliphatic heterocycles. The van der Waals surface area contributed by atoms with Crippen LogP contribution in [-0.4, -0.2) is 12.8 Å². The van der Waals surface area contributed by atoms with Gasteiger partial charge in [-0.2, -0.15) is 0 Å². The first-order chi connectivity index (χ1) is 12.0. The predicted molar refractivity (Wildman–Crippen MR) is 95.3 cm³/mol. The number of ether oxygens (including phenoxy) is 2. The van der Waals surface area contributed by atoms with Gasteiger partial charge in [-0.15, -0.1) is 0 Å². The SMILES string of the molecule is CCOC(=O)Oc1c(-c2ccccc2)oc2cc(C)c(Cl)cc2c1=O. The fourth-order valence-corrected chi connectivity index (χ4v) is 2.57. The van der Waals surface area contributed by atoms with E-state index in [-0.39, 0.29) is 23.5 Å². The molecule has 6 heteroatoms. The Labute approximate surface area is 148 Å². The summed E-state index contributed by atoms with van der Waals surface area (Å²) in [4.78, 5) is 24.6. The first kappa shape index (κ1) is 17.0. The van der Waals surface area contributed by atoms with Crippen LogP contribution in [0.15, 0.2) is 51.7 Å². The number of rotatable bonds is 3. The third-order valence-electron chi connectivity index (χ3n) is 3.61. The molecule has 128 valence electrons. The molecule has 5 nitrogen and oxygen atoms in total. The Hall–Kier alpha value is -2.79. The zero-order valence-electron chi connectivity index (χ0n) is 13.7. The number of aryl methyl sites for hydroxylation is 1. The second-order valence-electron chi connectivity index (χ2n) is 5.34. The molecule has 3 aromatic rings. The van der Waals surface area contributed by atoms with Crippen molar-refractivity contribution in [3.63, 3.8) is 0 Å². The van der Waals surface area contributed by atoms with E-state index >= 15 is 0 Å². The molecule has 0 saturated heterocycles. The number of fused-ring (bicyclic) bond motifs is 1. The number of hydrogen-bond donors (Lipinski definition) is 0. The highest BCUT2D eigenvalue weighted by atomic mass is 35.5. The van der Waals surface area contributed by atoms with E-state index in [1.165, 1.54) is 6.07 Å². The van der Waals surface area contributed by atoms with Crippen LogP contribution in [0.25, 0.3) is 22.3 Å². The van der Waals surface area contributed by atoms with Crippen molar-refractivity contribution in [2.75, 3.05) is 6.61 Å². The zero-order valence-corrected chi connectivity index (χ0v) is 14.4. The summed E-state index contributed by atoms with van der Waals surface area (Å²) in [6.07, 6.45) is -0.968. The average Bonchev–Trinajstić information content (AvgIpc) is 2.60. The van der Waals surface area contributed by atoms with Gasteiger partial charge in [-0.1, -0.05) is 41.9 Å². The molecule has 3 rings (SSSR count). The summed E-state index contributed by atoms with van der Waals surface area (Å²) >= 11 is 6.11. The highest BCUT2D eigenvalue weighted by Gasteiger charge is 2.21. The third kappa shape index (κ3) is 3.37. The van der Waals surface area contributed by atoms with Crippen molar-refractivity contribution in [1.82, 2.24) is 0 Å². The lowest BCUT2D eigenvalue weighted by Gasteiger charge is -2.11. The number of carbonyl (C=O) groups excluding carboxylic acids is 1. The van der Waals surface area contributed by atoms with E-state index in [2.05, 4.69) is 0 Å². The summed E-state index contributed by atoms with van der Waals surface area (Å²) in [6, 6.07) is 12.1. The van der Waals surface area contributed by atoms with Crippen LogP contribution >= 0.6 is 11.6 Å². The number of hydrogen-bond acceptors (Lipinski definition) is 5. The van der Waals surface area contributed by atoms with Crippen molar-refractivity contribution < 1.29 is 18.7 Å². The molecule has 2 aromatic carbocycles. The minimum atomic E-state index is -0.968. The molecule has 0 radical (unpaired) electrons. The van der Waals surface area contributed by atoms with Gasteiger partial charge in [-0.3, -0.25) is 4.79 Å². The van der Waals surface area contributed by atoms with Crippen LogP contribution in [0, 0.1) is 6.92 Å². The lowest BCUT2D eigenvalue weighted by atomic mass is 10.1. The van der Waals surface area contributed by atoms with Gasteiger partial charge in [0.2, 0.25) is 11.2 Å². The quantitative estimate of drug-likeness (QED) is 0.619. The van der Waals surface area contributed by atoms with Crippen LogP contribution in [-0.2, 0) is 4.74 Å². The van der Waals surface area contributed by atoms with E-state index in [1.807, 2.05) is 13.0 Å². The standard InChI is InChI=1S/C19H15ClO5/c1-3-23-19(22)25-18-16(21)13-10-14(20)11(2)9-15(13)24-17(18)12-7-5-4-6-8-12/h4-10H,3H2,1-2H3. The minimum Gasteiger partial charge on any atom is -0.452 e. The molecule has 25 heavy (non-hydrogen) atoms. The fraction of sp³-hybridized carbons (Fsp3) is 0.158. The summed E-state index contributed by atoms with van der Waals surface area (Å²) in [6.45, 7) is 3.58. The van der Waals surface area contributed by atoms with Gasteiger partial charge in [-0.25, -0.2) is 4.79 Å². The van der Waals surface area contributed by atoms with Crippen molar-refractivity contribution in [2.45, 2.75) is 13.8 Å². The summed E-state index contributed by atoms with van der Waals surface area (Å²) in [5.41, 5.74) is 1.25. The van der Waals surface area contributed by atoms with E-state index < -0.39 is 11.6 Å². The van der Waals surface area contributed by atoms with Gasteiger partial charge in [0.1, 0.15) is 5.58 Å². The average molecular weight is 359 g/mol. The molecular weight excluding hydrogens is 344 g/mol. The van der Waals surface area contributed by atoms with Crippen molar-refractivity contribution in [3.8, 4) is 17.1 Å².